The maximum atomic E-state index is 12.8. The van der Waals surface area contributed by atoms with Gasteiger partial charge in [-0.2, -0.15) is 0 Å². The summed E-state index contributed by atoms with van der Waals surface area (Å²) in [5.74, 6) is 0.160. The van der Waals surface area contributed by atoms with Crippen LogP contribution in [0.25, 0.3) is 11.3 Å². The quantitative estimate of drug-likeness (QED) is 0.459. The van der Waals surface area contributed by atoms with Gasteiger partial charge in [0.2, 0.25) is 5.88 Å². The van der Waals surface area contributed by atoms with Gasteiger partial charge in [-0.25, -0.2) is 4.98 Å². The van der Waals surface area contributed by atoms with Crippen molar-refractivity contribution in [2.75, 3.05) is 43.5 Å². The summed E-state index contributed by atoms with van der Waals surface area (Å²) in [5.41, 5.74) is 2.71. The van der Waals surface area contributed by atoms with Gasteiger partial charge in [-0.15, -0.1) is 0 Å². The fraction of sp³-hybridized carbons (Fsp3) is 0.320. The Bertz CT molecular complexity index is 1140. The predicted molar refractivity (Wildman–Crippen MR) is 130 cm³/mol. The van der Waals surface area contributed by atoms with Crippen molar-refractivity contribution in [3.8, 4) is 17.1 Å². The van der Waals surface area contributed by atoms with Crippen molar-refractivity contribution in [3.05, 3.63) is 70.6 Å². The van der Waals surface area contributed by atoms with Crippen LogP contribution < -0.4 is 25.8 Å². The van der Waals surface area contributed by atoms with Gasteiger partial charge in [-0.1, -0.05) is 6.07 Å². The van der Waals surface area contributed by atoms with Gasteiger partial charge in [0, 0.05) is 48.7 Å². The highest BCUT2D eigenvalue weighted by atomic mass is 16.5. The molecule has 0 aliphatic carbocycles. The van der Waals surface area contributed by atoms with E-state index in [2.05, 4.69) is 25.5 Å². The second kappa shape index (κ2) is 10.8. The van der Waals surface area contributed by atoms with Gasteiger partial charge in [0.1, 0.15) is 12.3 Å². The predicted octanol–water partition coefficient (Wildman–Crippen LogP) is 3.28. The second-order valence-corrected chi connectivity index (χ2v) is 7.99. The highest BCUT2D eigenvalue weighted by Gasteiger charge is 2.14. The first-order valence-electron chi connectivity index (χ1n) is 11.3. The van der Waals surface area contributed by atoms with E-state index in [0.29, 0.717) is 35.9 Å². The van der Waals surface area contributed by atoms with E-state index in [0.717, 1.165) is 18.8 Å². The molecule has 0 atom stereocenters. The normalized spacial score (nSPS) is 13.5. The summed E-state index contributed by atoms with van der Waals surface area (Å²) in [6, 6.07) is 14.6. The fourth-order valence-corrected chi connectivity index (χ4v) is 3.81. The summed E-state index contributed by atoms with van der Waals surface area (Å²) >= 11 is 0. The number of hydrogen-bond donors (Lipinski definition) is 3. The second-order valence-electron chi connectivity index (χ2n) is 7.99. The molecule has 2 aromatic heterocycles. The zero-order valence-electron chi connectivity index (χ0n) is 18.8. The molecule has 1 aliphatic heterocycles. The summed E-state index contributed by atoms with van der Waals surface area (Å²) in [6.07, 6.45) is 5.24. The number of likely N-dealkylation sites (N-methyl/N-ethyl adjacent to an activating group) is 1. The van der Waals surface area contributed by atoms with Crippen molar-refractivity contribution in [1.82, 2.24) is 15.3 Å². The summed E-state index contributed by atoms with van der Waals surface area (Å²) in [7, 11) is 1.85. The molecule has 1 saturated heterocycles. The number of H-pyrrole nitrogens is 1. The number of amides is 1. The number of ether oxygens (including phenoxy) is 1. The van der Waals surface area contributed by atoms with Gasteiger partial charge >= 0.3 is 0 Å². The van der Waals surface area contributed by atoms with Crippen LogP contribution in [0, 0.1) is 0 Å². The Morgan fingerprint density at radius 3 is 2.67 bits per heavy atom. The minimum absolute atomic E-state index is 0.168. The van der Waals surface area contributed by atoms with E-state index in [1.165, 1.54) is 19.3 Å². The molecule has 0 bridgehead atoms. The van der Waals surface area contributed by atoms with Crippen LogP contribution in [0.3, 0.4) is 0 Å². The molecular formula is C25H29N5O3. The van der Waals surface area contributed by atoms with Crippen molar-refractivity contribution in [2.45, 2.75) is 19.3 Å². The van der Waals surface area contributed by atoms with Crippen molar-refractivity contribution in [2.24, 2.45) is 0 Å². The summed E-state index contributed by atoms with van der Waals surface area (Å²) < 4.78 is 5.62. The number of piperidine rings is 1. The minimum atomic E-state index is -0.376. The van der Waals surface area contributed by atoms with E-state index >= 15 is 0 Å². The maximum Gasteiger partial charge on any atom is 0.271 e. The molecule has 3 aromatic rings. The molecule has 172 valence electrons. The molecular weight excluding hydrogens is 418 g/mol. The molecule has 0 saturated carbocycles. The third-order valence-electron chi connectivity index (χ3n) is 5.62. The molecule has 8 nitrogen and oxygen atoms in total. The maximum absolute atomic E-state index is 12.8. The minimum Gasteiger partial charge on any atom is -0.476 e. The van der Waals surface area contributed by atoms with E-state index < -0.39 is 0 Å². The Morgan fingerprint density at radius 1 is 1.12 bits per heavy atom. The topological polar surface area (TPSA) is 99.3 Å². The van der Waals surface area contributed by atoms with Gasteiger partial charge in [0.05, 0.1) is 5.69 Å². The number of aromatic amines is 1. The Hall–Kier alpha value is -3.65. The third-order valence-corrected chi connectivity index (χ3v) is 5.62. The van der Waals surface area contributed by atoms with Crippen molar-refractivity contribution >= 4 is 17.3 Å². The average molecular weight is 448 g/mol. The highest BCUT2D eigenvalue weighted by molar-refractivity contribution is 6.04. The van der Waals surface area contributed by atoms with Gasteiger partial charge in [0.25, 0.3) is 11.5 Å². The van der Waals surface area contributed by atoms with E-state index in [4.69, 9.17) is 4.74 Å². The molecule has 8 heteroatoms. The van der Waals surface area contributed by atoms with Crippen LogP contribution in [0.2, 0.25) is 0 Å². The molecule has 33 heavy (non-hydrogen) atoms. The van der Waals surface area contributed by atoms with E-state index in [1.807, 2.05) is 31.3 Å². The first kappa shape index (κ1) is 22.5. The zero-order chi connectivity index (χ0) is 23.0. The zero-order valence-corrected chi connectivity index (χ0v) is 18.8. The van der Waals surface area contributed by atoms with E-state index in [1.54, 1.807) is 30.5 Å². The van der Waals surface area contributed by atoms with Gasteiger partial charge in [-0.3, -0.25) is 9.59 Å². The highest BCUT2D eigenvalue weighted by Crippen LogP contribution is 2.22. The Kier molecular flexibility index (Phi) is 7.36. The largest absolute Gasteiger partial charge is 0.476 e. The summed E-state index contributed by atoms with van der Waals surface area (Å²) in [5, 5.41) is 5.74. The van der Waals surface area contributed by atoms with E-state index in [9.17, 15) is 9.59 Å². The molecule has 0 unspecified atom stereocenters. The molecule has 1 aliphatic rings. The lowest BCUT2D eigenvalue weighted by atomic mass is 10.1. The number of rotatable bonds is 8. The number of nitrogens with one attached hydrogen (secondary N) is 3. The Morgan fingerprint density at radius 2 is 1.91 bits per heavy atom. The fourth-order valence-electron chi connectivity index (χ4n) is 3.81. The molecule has 0 radical (unpaired) electrons. The lowest BCUT2D eigenvalue weighted by molar-refractivity contribution is 0.102. The van der Waals surface area contributed by atoms with Crippen LogP contribution in [-0.4, -0.2) is 49.2 Å². The van der Waals surface area contributed by atoms with Crippen LogP contribution >= 0.6 is 0 Å². The van der Waals surface area contributed by atoms with Crippen LogP contribution in [0.1, 0.15) is 29.6 Å². The monoisotopic (exact) mass is 447 g/mol. The van der Waals surface area contributed by atoms with Gasteiger partial charge in [-0.05, 0) is 62.7 Å². The van der Waals surface area contributed by atoms with E-state index in [-0.39, 0.29) is 17.2 Å². The van der Waals surface area contributed by atoms with Crippen LogP contribution in [-0.2, 0) is 0 Å². The van der Waals surface area contributed by atoms with Crippen LogP contribution in [0.4, 0.5) is 11.4 Å². The Balaban J connectivity index is 1.47. The molecule has 0 spiro atoms. The third kappa shape index (κ3) is 5.78. The molecule has 3 heterocycles. The number of nitrogens with zero attached hydrogens (tertiary/aromatic N) is 2. The lowest BCUT2D eigenvalue weighted by Crippen LogP contribution is -2.29. The smallest absolute Gasteiger partial charge is 0.271 e. The molecule has 3 N–H and O–H groups in total. The number of anilines is 2. The number of hydrogen-bond acceptors (Lipinski definition) is 6. The lowest BCUT2D eigenvalue weighted by Gasteiger charge is -2.28. The van der Waals surface area contributed by atoms with Crippen LogP contribution in [0.5, 0.6) is 5.88 Å². The van der Waals surface area contributed by atoms with Gasteiger partial charge in [0.15, 0.2) is 0 Å². The number of aromatic nitrogens is 2. The Labute approximate surface area is 193 Å². The molecule has 4 rings (SSSR count). The summed E-state index contributed by atoms with van der Waals surface area (Å²) in [6.45, 7) is 3.29. The molecule has 1 aromatic carbocycles. The number of carbonyl (C=O) groups excluding carboxylic acids is 1. The van der Waals surface area contributed by atoms with Crippen molar-refractivity contribution in [1.29, 1.82) is 0 Å². The first-order valence-corrected chi connectivity index (χ1v) is 11.3. The van der Waals surface area contributed by atoms with Crippen molar-refractivity contribution < 1.29 is 9.53 Å². The average Bonchev–Trinajstić information content (AvgIpc) is 2.86. The SMILES string of the molecule is CNCCOc1cccc(-c2c[nH]c(=O)c(NC(=O)c3ccc(N4CCCCC4)cc3)c2)n1. The number of carbonyl (C=O) groups is 1. The summed E-state index contributed by atoms with van der Waals surface area (Å²) in [4.78, 5) is 34.6. The number of pyridine rings is 2. The van der Waals surface area contributed by atoms with Gasteiger partial charge < -0.3 is 25.3 Å². The first-order chi connectivity index (χ1) is 16.1. The van der Waals surface area contributed by atoms with Crippen molar-refractivity contribution in [3.63, 3.8) is 0 Å². The number of benzene rings is 1. The molecule has 1 amide bonds. The van der Waals surface area contributed by atoms with Crippen LogP contribution in [0.15, 0.2) is 59.5 Å². The molecule has 1 fully saturated rings. The standard InChI is InChI=1S/C25H29N5O3/c1-26-12-15-33-23-7-5-6-21(28-23)19-16-22(25(32)27-17-19)29-24(31)18-8-10-20(11-9-18)30-13-3-2-4-14-30/h5-11,16-17,26H,2-4,12-15H2,1H3,(H,27,32)(H,29,31).